The van der Waals surface area contributed by atoms with Crippen LogP contribution in [0, 0.1) is 0 Å². The van der Waals surface area contributed by atoms with E-state index in [1.807, 2.05) is 18.2 Å². The van der Waals surface area contributed by atoms with Crippen molar-refractivity contribution in [3.8, 4) is 16.8 Å². The summed E-state index contributed by atoms with van der Waals surface area (Å²) in [5, 5.41) is 5.06. The Morgan fingerprint density at radius 3 is 1.53 bits per heavy atom. The molecule has 9 aromatic carbocycles. The van der Waals surface area contributed by atoms with Crippen LogP contribution in [0.2, 0.25) is 0 Å². The Labute approximate surface area is 351 Å². The molecule has 0 saturated heterocycles. The molecule has 2 unspecified atom stereocenters. The van der Waals surface area contributed by atoms with Crippen molar-refractivity contribution in [2.45, 2.75) is 11.8 Å². The van der Waals surface area contributed by atoms with E-state index in [1.54, 1.807) is 4.57 Å². The van der Waals surface area contributed by atoms with Crippen molar-refractivity contribution in [1.82, 2.24) is 4.57 Å². The SMILES string of the molecule is [2H]c1c([2H])c([2H])c2c(c1[2H])c1c([2H])c([2H])c([2H])c([2H])c1n2-c1cccc2c1C1c3ccccc3C2c2cccc([Si](c3ccccc3)(c3ccccc3)c3cccc(-c4ccccc4)c3)c21. The molecule has 2 atom stereocenters. The summed E-state index contributed by atoms with van der Waals surface area (Å²) in [7, 11) is -3.26. The number of hydrogen-bond acceptors (Lipinski definition) is 0. The molecule has 0 fully saturated rings. The minimum Gasteiger partial charge on any atom is -0.309 e. The smallest absolute Gasteiger partial charge is 0.179 e. The molecular formula is C56H39NSi. The van der Waals surface area contributed by atoms with Gasteiger partial charge >= 0.3 is 0 Å². The first-order chi connectivity index (χ1) is 32.1. The van der Waals surface area contributed by atoms with E-state index in [2.05, 4.69) is 158 Å². The highest BCUT2D eigenvalue weighted by atomic mass is 28.3. The van der Waals surface area contributed by atoms with Crippen LogP contribution in [0.25, 0.3) is 38.6 Å². The maximum atomic E-state index is 9.43. The van der Waals surface area contributed by atoms with E-state index in [9.17, 15) is 5.48 Å². The van der Waals surface area contributed by atoms with Crippen molar-refractivity contribution in [3.05, 3.63) is 258 Å². The maximum Gasteiger partial charge on any atom is 0.179 e. The summed E-state index contributed by atoms with van der Waals surface area (Å²) in [6.45, 7) is 0. The second-order valence-corrected chi connectivity index (χ2v) is 19.1. The highest BCUT2D eigenvalue weighted by molar-refractivity contribution is 7.20. The van der Waals surface area contributed by atoms with Crippen molar-refractivity contribution in [2.24, 2.45) is 0 Å². The summed E-state index contributed by atoms with van der Waals surface area (Å²) in [5.41, 5.74) is 9.83. The predicted octanol–water partition coefficient (Wildman–Crippen LogP) is 10.8. The van der Waals surface area contributed by atoms with E-state index in [-0.39, 0.29) is 57.8 Å². The number of benzene rings is 9. The molecular weight excluding hydrogens is 715 g/mol. The maximum absolute atomic E-state index is 9.43. The molecule has 272 valence electrons. The monoisotopic (exact) mass is 761 g/mol. The fourth-order valence-corrected chi connectivity index (χ4v) is 15.5. The van der Waals surface area contributed by atoms with Crippen molar-refractivity contribution in [3.63, 3.8) is 0 Å². The van der Waals surface area contributed by atoms with Gasteiger partial charge in [-0.25, -0.2) is 0 Å². The zero-order valence-electron chi connectivity index (χ0n) is 39.3. The summed E-state index contributed by atoms with van der Waals surface area (Å²) in [6.07, 6.45) is 0. The fourth-order valence-electron chi connectivity index (χ4n) is 10.4. The lowest BCUT2D eigenvalue weighted by atomic mass is 9.60. The van der Waals surface area contributed by atoms with Crippen molar-refractivity contribution in [1.29, 1.82) is 0 Å². The lowest BCUT2D eigenvalue weighted by Gasteiger charge is -2.47. The second kappa shape index (κ2) is 13.0. The summed E-state index contributed by atoms with van der Waals surface area (Å²) in [6, 6.07) is 59.8. The number of fused-ring (bicyclic) bond motifs is 3. The molecule has 10 aromatic rings. The summed E-state index contributed by atoms with van der Waals surface area (Å²) in [5.74, 6) is -0.584. The highest BCUT2D eigenvalue weighted by Crippen LogP contribution is 2.57. The van der Waals surface area contributed by atoms with E-state index in [4.69, 9.17) is 5.48 Å². The van der Waals surface area contributed by atoms with Gasteiger partial charge in [-0.2, -0.15) is 0 Å². The van der Waals surface area contributed by atoms with Crippen LogP contribution < -0.4 is 20.7 Å². The van der Waals surface area contributed by atoms with Crippen molar-refractivity contribution in [2.75, 3.05) is 0 Å². The van der Waals surface area contributed by atoms with Crippen LogP contribution in [0.3, 0.4) is 0 Å². The molecule has 0 amide bonds. The Balaban J connectivity index is 1.24. The van der Waals surface area contributed by atoms with Gasteiger partial charge in [0.15, 0.2) is 8.07 Å². The van der Waals surface area contributed by atoms with Gasteiger partial charge in [0.05, 0.1) is 27.7 Å². The van der Waals surface area contributed by atoms with Crippen LogP contribution in [-0.2, 0) is 0 Å². The molecule has 0 radical (unpaired) electrons. The van der Waals surface area contributed by atoms with E-state index in [0.29, 0.717) is 5.69 Å². The van der Waals surface area contributed by atoms with Gasteiger partial charge in [-0.05, 0) is 83.4 Å². The first-order valence-corrected chi connectivity index (χ1v) is 21.8. The molecule has 0 spiro atoms. The quantitative estimate of drug-likeness (QED) is 0.117. The van der Waals surface area contributed by atoms with Crippen LogP contribution in [0.15, 0.2) is 224 Å². The number of nitrogens with zero attached hydrogens (tertiary/aromatic N) is 1. The molecule has 3 aliphatic carbocycles. The normalized spacial score (nSPS) is 17.2. The summed E-state index contributed by atoms with van der Waals surface area (Å²) < 4.78 is 74.2. The summed E-state index contributed by atoms with van der Waals surface area (Å²) >= 11 is 0. The Morgan fingerprint density at radius 1 is 0.397 bits per heavy atom. The van der Waals surface area contributed by atoms with Crippen LogP contribution in [0.4, 0.5) is 0 Å². The molecule has 0 N–H and O–H groups in total. The van der Waals surface area contributed by atoms with Crippen LogP contribution >= 0.6 is 0 Å². The van der Waals surface area contributed by atoms with Gasteiger partial charge in [0.1, 0.15) is 0 Å². The van der Waals surface area contributed by atoms with Gasteiger partial charge in [0.2, 0.25) is 0 Å². The molecule has 3 aliphatic rings. The average Bonchev–Trinajstić information content (AvgIpc) is 3.73. The third-order valence-electron chi connectivity index (χ3n) is 12.6. The van der Waals surface area contributed by atoms with Crippen LogP contribution in [0.5, 0.6) is 0 Å². The predicted molar refractivity (Wildman–Crippen MR) is 245 cm³/mol. The molecule has 58 heavy (non-hydrogen) atoms. The summed E-state index contributed by atoms with van der Waals surface area (Å²) in [4.78, 5) is 0. The molecule has 0 aliphatic heterocycles. The van der Waals surface area contributed by atoms with E-state index >= 15 is 0 Å². The first kappa shape index (κ1) is 26.0. The third-order valence-corrected chi connectivity index (χ3v) is 17.4. The molecule has 1 aromatic heterocycles. The Kier molecular flexibility index (Phi) is 5.84. The topological polar surface area (TPSA) is 4.93 Å². The van der Waals surface area contributed by atoms with Crippen LogP contribution in [0.1, 0.15) is 56.2 Å². The van der Waals surface area contributed by atoms with E-state index in [0.717, 1.165) is 27.8 Å². The van der Waals surface area contributed by atoms with Gasteiger partial charge in [-0.1, -0.05) is 206 Å². The lowest BCUT2D eigenvalue weighted by Crippen LogP contribution is -2.75. The molecule has 1 heterocycles. The van der Waals surface area contributed by atoms with Gasteiger partial charge in [0, 0.05) is 22.6 Å². The number of para-hydroxylation sites is 2. The van der Waals surface area contributed by atoms with Gasteiger partial charge < -0.3 is 4.57 Å². The minimum atomic E-state index is -3.26. The lowest BCUT2D eigenvalue weighted by molar-refractivity contribution is 0.752. The number of rotatable bonds is 6. The molecule has 2 bridgehead atoms. The fraction of sp³-hybridized carbons (Fsp3) is 0.0357. The van der Waals surface area contributed by atoms with Gasteiger partial charge in [0.25, 0.3) is 0 Å². The average molecular weight is 762 g/mol. The Bertz CT molecular complexity index is 3530. The van der Waals surface area contributed by atoms with Crippen molar-refractivity contribution >= 4 is 50.6 Å². The Morgan fingerprint density at radius 2 is 0.879 bits per heavy atom. The first-order valence-electron chi connectivity index (χ1n) is 23.8. The zero-order chi connectivity index (χ0) is 45.2. The largest absolute Gasteiger partial charge is 0.309 e. The highest BCUT2D eigenvalue weighted by Gasteiger charge is 2.50. The second-order valence-electron chi connectivity index (χ2n) is 15.3. The molecule has 1 nitrogen and oxygen atoms in total. The molecule has 2 heteroatoms. The standard InChI is InChI=1S/C56H39NSi/c1-4-19-38(20-5-1)39-21-16-26-42(37-39)58(40-22-6-2-7-23-40,41-24-8-3-9-25-41)52-36-18-32-48-53-45-29-10-11-30-46(45)56(55(48)52)54-47(53)31-17-35-51(54)57-49-33-14-12-27-43(49)44-28-13-15-34-50(44)57/h1-37,53,56H/i12D,13D,14D,15D,27D,28D,33D,34D. The third kappa shape index (κ3) is 4.64. The van der Waals surface area contributed by atoms with Gasteiger partial charge in [-0.15, -0.1) is 0 Å². The minimum absolute atomic E-state index is 0.0703. The zero-order valence-corrected chi connectivity index (χ0v) is 32.3. The van der Waals surface area contributed by atoms with E-state index in [1.165, 1.54) is 37.4 Å². The van der Waals surface area contributed by atoms with Crippen molar-refractivity contribution < 1.29 is 11.0 Å². The number of hydrogen-bond donors (Lipinski definition) is 0. The Hall–Kier alpha value is -7.00. The molecule has 13 rings (SSSR count). The number of aromatic nitrogens is 1. The molecule has 0 saturated carbocycles. The van der Waals surface area contributed by atoms with Crippen LogP contribution in [-0.4, -0.2) is 12.6 Å². The van der Waals surface area contributed by atoms with Gasteiger partial charge in [-0.3, -0.25) is 0 Å². The van der Waals surface area contributed by atoms with E-state index < -0.39 is 32.2 Å².